The fourth-order valence-electron chi connectivity index (χ4n) is 2.89. The van der Waals surface area contributed by atoms with Gasteiger partial charge >= 0.3 is 6.01 Å². The van der Waals surface area contributed by atoms with E-state index in [4.69, 9.17) is 9.47 Å². The summed E-state index contributed by atoms with van der Waals surface area (Å²) in [6.07, 6.45) is 2.61. The van der Waals surface area contributed by atoms with E-state index in [1.165, 1.54) is 31.4 Å². The Bertz CT molecular complexity index is 962. The monoisotopic (exact) mass is 363 g/mol. The zero-order chi connectivity index (χ0) is 18.3. The largest absolute Gasteiger partial charge is 0.480 e. The molecule has 0 saturated carbocycles. The molecular formula is C15H15F2N7O2. The number of rotatable bonds is 4. The van der Waals surface area contributed by atoms with Crippen LogP contribution in [0.5, 0.6) is 11.9 Å². The molecule has 0 atom stereocenters. The predicted molar refractivity (Wildman–Crippen MR) is 86.7 cm³/mol. The minimum Gasteiger partial charge on any atom is -0.480 e. The summed E-state index contributed by atoms with van der Waals surface area (Å²) in [7, 11) is 2.90. The van der Waals surface area contributed by atoms with Gasteiger partial charge in [0, 0.05) is 19.2 Å². The van der Waals surface area contributed by atoms with Crippen molar-refractivity contribution in [2.75, 3.05) is 32.2 Å². The molecule has 0 unspecified atom stereocenters. The molecule has 0 amide bonds. The molecule has 11 heteroatoms. The Morgan fingerprint density at radius 3 is 2.73 bits per heavy atom. The SMILES string of the molecule is COc1ncc(-c2cc(N3CCC(F)(F)C3)c3ncnn3n2)c(OC)n1. The number of aromatic nitrogens is 6. The molecule has 3 aromatic heterocycles. The number of nitrogens with zero attached hydrogens (tertiary/aromatic N) is 7. The van der Waals surface area contributed by atoms with E-state index < -0.39 is 5.92 Å². The molecular weight excluding hydrogens is 348 g/mol. The van der Waals surface area contributed by atoms with Crippen molar-refractivity contribution in [2.24, 2.45) is 0 Å². The third-order valence-corrected chi connectivity index (χ3v) is 4.13. The second-order valence-electron chi connectivity index (χ2n) is 5.80. The number of methoxy groups -OCH3 is 2. The van der Waals surface area contributed by atoms with E-state index in [0.29, 0.717) is 22.6 Å². The third kappa shape index (κ3) is 2.74. The molecule has 1 aliphatic heterocycles. The second kappa shape index (κ2) is 6.00. The van der Waals surface area contributed by atoms with Crippen LogP contribution in [0.1, 0.15) is 6.42 Å². The quantitative estimate of drug-likeness (QED) is 0.688. The molecule has 26 heavy (non-hydrogen) atoms. The highest BCUT2D eigenvalue weighted by Gasteiger charge is 2.39. The minimum absolute atomic E-state index is 0.145. The summed E-state index contributed by atoms with van der Waals surface area (Å²) in [6.45, 7) is -0.162. The van der Waals surface area contributed by atoms with E-state index in [9.17, 15) is 8.78 Å². The highest BCUT2D eigenvalue weighted by Crippen LogP contribution is 2.35. The van der Waals surface area contributed by atoms with Crippen LogP contribution in [-0.4, -0.2) is 63.0 Å². The molecule has 1 saturated heterocycles. The normalized spacial score (nSPS) is 16.2. The van der Waals surface area contributed by atoms with Gasteiger partial charge in [-0.15, -0.1) is 14.8 Å². The number of hydrogen-bond acceptors (Lipinski definition) is 8. The topological polar surface area (TPSA) is 90.6 Å². The number of halogens is 2. The van der Waals surface area contributed by atoms with Crippen molar-refractivity contribution in [3.63, 3.8) is 0 Å². The summed E-state index contributed by atoms with van der Waals surface area (Å²) in [6, 6.07) is 1.81. The van der Waals surface area contributed by atoms with Gasteiger partial charge in [-0.05, 0) is 6.07 Å². The van der Waals surface area contributed by atoms with Crippen LogP contribution in [0.3, 0.4) is 0 Å². The summed E-state index contributed by atoms with van der Waals surface area (Å²) in [4.78, 5) is 13.9. The standard InChI is InChI=1S/C15H15F2N7O2/c1-25-13-9(6-18-14(21-13)26-2)10-5-11(12-19-8-20-24(12)22-10)23-4-3-15(16,17)7-23/h5-6,8H,3-4,7H2,1-2H3. The molecule has 0 aliphatic carbocycles. The number of anilines is 1. The Kier molecular flexibility index (Phi) is 3.78. The van der Waals surface area contributed by atoms with E-state index >= 15 is 0 Å². The van der Waals surface area contributed by atoms with E-state index in [0.717, 1.165) is 0 Å². The van der Waals surface area contributed by atoms with Crippen molar-refractivity contribution in [3.05, 3.63) is 18.6 Å². The van der Waals surface area contributed by atoms with Gasteiger partial charge in [-0.1, -0.05) is 0 Å². The number of hydrogen-bond donors (Lipinski definition) is 0. The first-order chi connectivity index (χ1) is 12.5. The van der Waals surface area contributed by atoms with Gasteiger partial charge in [-0.3, -0.25) is 0 Å². The number of ether oxygens (including phenoxy) is 2. The fourth-order valence-corrected chi connectivity index (χ4v) is 2.89. The van der Waals surface area contributed by atoms with E-state index in [-0.39, 0.29) is 31.4 Å². The lowest BCUT2D eigenvalue weighted by atomic mass is 10.2. The van der Waals surface area contributed by atoms with E-state index in [1.54, 1.807) is 11.0 Å². The molecule has 136 valence electrons. The van der Waals surface area contributed by atoms with E-state index in [1.807, 2.05) is 0 Å². The third-order valence-electron chi connectivity index (χ3n) is 4.13. The smallest absolute Gasteiger partial charge is 0.319 e. The Hall–Kier alpha value is -3.11. The highest BCUT2D eigenvalue weighted by molar-refractivity contribution is 5.76. The molecule has 1 fully saturated rings. The lowest BCUT2D eigenvalue weighted by Gasteiger charge is -2.19. The van der Waals surface area contributed by atoms with Gasteiger partial charge in [0.25, 0.3) is 5.92 Å². The Balaban J connectivity index is 1.85. The first-order valence-corrected chi connectivity index (χ1v) is 7.80. The number of alkyl halides is 2. The second-order valence-corrected chi connectivity index (χ2v) is 5.80. The van der Waals surface area contributed by atoms with Crippen molar-refractivity contribution >= 4 is 11.3 Å². The molecule has 4 heterocycles. The van der Waals surface area contributed by atoms with Crippen LogP contribution in [0.4, 0.5) is 14.5 Å². The molecule has 4 rings (SSSR count). The summed E-state index contributed by atoms with van der Waals surface area (Å²) >= 11 is 0. The van der Waals surface area contributed by atoms with Crippen molar-refractivity contribution in [1.29, 1.82) is 0 Å². The van der Waals surface area contributed by atoms with Crippen LogP contribution in [0, 0.1) is 0 Å². The van der Waals surface area contributed by atoms with Crippen molar-refractivity contribution in [2.45, 2.75) is 12.3 Å². The van der Waals surface area contributed by atoms with Crippen LogP contribution in [0.15, 0.2) is 18.6 Å². The molecule has 0 radical (unpaired) electrons. The number of fused-ring (bicyclic) bond motifs is 1. The molecule has 9 nitrogen and oxygen atoms in total. The summed E-state index contributed by atoms with van der Waals surface area (Å²) in [5, 5.41) is 8.40. The van der Waals surface area contributed by atoms with Gasteiger partial charge in [0.2, 0.25) is 5.88 Å². The van der Waals surface area contributed by atoms with Crippen LogP contribution in [-0.2, 0) is 0 Å². The first kappa shape index (κ1) is 16.4. The molecule has 3 aromatic rings. The predicted octanol–water partition coefficient (Wildman–Crippen LogP) is 1.44. The average molecular weight is 363 g/mol. The zero-order valence-corrected chi connectivity index (χ0v) is 14.1. The summed E-state index contributed by atoms with van der Waals surface area (Å²) in [5.41, 5.74) is 1.83. The molecule has 0 aromatic carbocycles. The maximum atomic E-state index is 13.7. The maximum absolute atomic E-state index is 13.7. The van der Waals surface area contributed by atoms with Gasteiger partial charge < -0.3 is 14.4 Å². The first-order valence-electron chi connectivity index (χ1n) is 7.80. The van der Waals surface area contributed by atoms with Gasteiger partial charge in [0.15, 0.2) is 5.65 Å². The average Bonchev–Trinajstić information content (AvgIpc) is 3.26. The zero-order valence-electron chi connectivity index (χ0n) is 14.1. The molecule has 0 spiro atoms. The van der Waals surface area contributed by atoms with Crippen LogP contribution >= 0.6 is 0 Å². The lowest BCUT2D eigenvalue weighted by Crippen LogP contribution is -2.25. The van der Waals surface area contributed by atoms with Gasteiger partial charge in [0.1, 0.15) is 12.0 Å². The molecule has 1 aliphatic rings. The van der Waals surface area contributed by atoms with E-state index in [2.05, 4.69) is 25.1 Å². The van der Waals surface area contributed by atoms with Crippen molar-refractivity contribution < 1.29 is 18.3 Å². The summed E-state index contributed by atoms with van der Waals surface area (Å²) < 4.78 is 38.9. The van der Waals surface area contributed by atoms with Crippen molar-refractivity contribution in [3.8, 4) is 23.1 Å². The van der Waals surface area contributed by atoms with Gasteiger partial charge in [0.05, 0.1) is 32.0 Å². The minimum atomic E-state index is -2.73. The highest BCUT2D eigenvalue weighted by atomic mass is 19.3. The van der Waals surface area contributed by atoms with Gasteiger partial charge in [-0.2, -0.15) is 4.98 Å². The fraction of sp³-hybridized carbons (Fsp3) is 0.400. The van der Waals surface area contributed by atoms with Crippen LogP contribution < -0.4 is 14.4 Å². The summed E-state index contributed by atoms with van der Waals surface area (Å²) in [5.74, 6) is -2.48. The van der Waals surface area contributed by atoms with Crippen LogP contribution in [0.25, 0.3) is 16.9 Å². The Labute approximate surface area is 146 Å². The lowest BCUT2D eigenvalue weighted by molar-refractivity contribution is 0.0257. The molecule has 0 bridgehead atoms. The van der Waals surface area contributed by atoms with Crippen molar-refractivity contribution in [1.82, 2.24) is 29.8 Å². The van der Waals surface area contributed by atoms with Crippen LogP contribution in [0.2, 0.25) is 0 Å². The molecule has 0 N–H and O–H groups in total. The Morgan fingerprint density at radius 2 is 2.04 bits per heavy atom. The van der Waals surface area contributed by atoms with Gasteiger partial charge in [-0.25, -0.2) is 18.7 Å². The maximum Gasteiger partial charge on any atom is 0.319 e. The Morgan fingerprint density at radius 1 is 1.19 bits per heavy atom.